The molecule has 2 atom stereocenters. The third-order valence-electron chi connectivity index (χ3n) is 7.34. The minimum absolute atomic E-state index is 0.132. The van der Waals surface area contributed by atoms with E-state index in [-0.39, 0.29) is 35.9 Å². The maximum atomic E-state index is 13.4. The number of carbonyl (C=O) groups is 3. The number of hydrogen-bond acceptors (Lipinski definition) is 5. The molecule has 9 heteroatoms. The summed E-state index contributed by atoms with van der Waals surface area (Å²) in [5, 5.41) is 9.53. The van der Waals surface area contributed by atoms with Gasteiger partial charge in [0.2, 0.25) is 11.8 Å². The van der Waals surface area contributed by atoms with Gasteiger partial charge in [-0.2, -0.15) is 0 Å². The highest BCUT2D eigenvalue weighted by Gasteiger charge is 2.34. The molecule has 1 aromatic heterocycles. The molecule has 3 aromatic rings. The predicted molar refractivity (Wildman–Crippen MR) is 147 cm³/mol. The Morgan fingerprint density at radius 2 is 1.97 bits per heavy atom. The minimum Gasteiger partial charge on any atom is -0.348 e. The Bertz CT molecular complexity index is 1420. The highest BCUT2D eigenvalue weighted by atomic mass is 19.1. The van der Waals surface area contributed by atoms with E-state index in [1.807, 2.05) is 31.2 Å². The number of nitrogens with one attached hydrogen (secondary N) is 3. The second kappa shape index (κ2) is 11.7. The number of benzene rings is 2. The van der Waals surface area contributed by atoms with Crippen molar-refractivity contribution in [2.75, 3.05) is 26.2 Å². The lowest BCUT2D eigenvalue weighted by Crippen LogP contribution is -2.49. The Kier molecular flexibility index (Phi) is 7.97. The minimum atomic E-state index is -0.589. The van der Waals surface area contributed by atoms with E-state index in [9.17, 15) is 18.8 Å². The van der Waals surface area contributed by atoms with E-state index in [4.69, 9.17) is 0 Å². The van der Waals surface area contributed by atoms with Crippen LogP contribution in [0.2, 0.25) is 0 Å². The van der Waals surface area contributed by atoms with E-state index in [2.05, 4.69) is 33.1 Å². The van der Waals surface area contributed by atoms with Gasteiger partial charge in [-0.15, -0.1) is 0 Å². The quantitative estimate of drug-likeness (QED) is 0.416. The van der Waals surface area contributed by atoms with Crippen LogP contribution >= 0.6 is 0 Å². The number of amides is 3. The first kappa shape index (κ1) is 26.5. The van der Waals surface area contributed by atoms with Crippen LogP contribution in [0.5, 0.6) is 0 Å². The van der Waals surface area contributed by atoms with Crippen LogP contribution in [-0.4, -0.2) is 59.8 Å². The van der Waals surface area contributed by atoms with Gasteiger partial charge in [0.05, 0.1) is 18.1 Å². The van der Waals surface area contributed by atoms with Gasteiger partial charge in [0.15, 0.2) is 0 Å². The molecule has 3 heterocycles. The van der Waals surface area contributed by atoms with E-state index in [0.29, 0.717) is 36.2 Å². The summed E-state index contributed by atoms with van der Waals surface area (Å²) in [4.78, 5) is 44.7. The van der Waals surface area contributed by atoms with Crippen molar-refractivity contribution in [2.45, 2.75) is 31.8 Å². The molecular formula is C30H32FN5O3. The molecule has 2 aliphatic rings. The molecule has 0 bridgehead atoms. The van der Waals surface area contributed by atoms with Crippen LogP contribution in [0, 0.1) is 11.7 Å². The molecule has 5 rings (SSSR count). The number of hydrogen-bond donors (Lipinski definition) is 3. The zero-order valence-electron chi connectivity index (χ0n) is 21.8. The lowest BCUT2D eigenvalue weighted by molar-refractivity contribution is -0.137. The van der Waals surface area contributed by atoms with Crippen molar-refractivity contribution in [3.8, 4) is 0 Å². The fourth-order valence-electron chi connectivity index (χ4n) is 5.04. The highest BCUT2D eigenvalue weighted by molar-refractivity contribution is 5.97. The molecule has 3 N–H and O–H groups in total. The normalized spacial score (nSPS) is 18.2. The summed E-state index contributed by atoms with van der Waals surface area (Å²) >= 11 is 0. The van der Waals surface area contributed by atoms with Gasteiger partial charge < -0.3 is 20.9 Å². The zero-order chi connectivity index (χ0) is 27.4. The van der Waals surface area contributed by atoms with E-state index in [0.717, 1.165) is 24.2 Å². The molecule has 39 heavy (non-hydrogen) atoms. The van der Waals surface area contributed by atoms with Crippen molar-refractivity contribution in [3.63, 3.8) is 0 Å². The SMILES string of the molecule is C[C@H](NC(=O)C1CCCN1C(=O)CNC(=O)c1ccc2cc(F)ccc2n1)c1ccccc1/C=C/C1CNC1. The first-order chi connectivity index (χ1) is 18.9. The van der Waals surface area contributed by atoms with Gasteiger partial charge in [-0.05, 0) is 55.2 Å². The summed E-state index contributed by atoms with van der Waals surface area (Å²) in [6.45, 7) is 4.12. The van der Waals surface area contributed by atoms with E-state index in [1.54, 1.807) is 6.07 Å². The van der Waals surface area contributed by atoms with Crippen molar-refractivity contribution in [1.82, 2.24) is 25.8 Å². The molecule has 3 amide bonds. The number of fused-ring (bicyclic) bond motifs is 1. The van der Waals surface area contributed by atoms with Crippen LogP contribution < -0.4 is 16.0 Å². The monoisotopic (exact) mass is 529 g/mol. The molecule has 1 unspecified atom stereocenters. The number of halogens is 1. The van der Waals surface area contributed by atoms with Gasteiger partial charge in [-0.1, -0.05) is 42.5 Å². The number of rotatable bonds is 8. The standard InChI is InChI=1S/C30H32FN5O3/c1-19(24-6-3-2-5-21(24)9-8-20-16-32-17-20)34-30(39)27-7-4-14-36(27)28(37)18-33-29(38)26-12-10-22-15-23(31)11-13-25(22)35-26/h2-3,5-6,8-13,15,19-20,27,32H,4,7,14,16-18H2,1H3,(H,33,38)(H,34,39)/b9-8+/t19-,27?/m0/s1. The summed E-state index contributed by atoms with van der Waals surface area (Å²) < 4.78 is 13.4. The van der Waals surface area contributed by atoms with Crippen LogP contribution in [0.15, 0.2) is 60.7 Å². The lowest BCUT2D eigenvalue weighted by atomic mass is 9.97. The zero-order valence-corrected chi connectivity index (χ0v) is 21.8. The molecule has 0 radical (unpaired) electrons. The third-order valence-corrected chi connectivity index (χ3v) is 7.34. The lowest BCUT2D eigenvalue weighted by Gasteiger charge is -2.26. The fourth-order valence-corrected chi connectivity index (χ4v) is 5.04. The second-order valence-corrected chi connectivity index (χ2v) is 10.1. The first-order valence-electron chi connectivity index (χ1n) is 13.3. The average molecular weight is 530 g/mol. The van der Waals surface area contributed by atoms with Gasteiger partial charge in [0.25, 0.3) is 5.91 Å². The molecule has 2 aromatic carbocycles. The van der Waals surface area contributed by atoms with Gasteiger partial charge in [0.1, 0.15) is 17.6 Å². The van der Waals surface area contributed by atoms with Crippen molar-refractivity contribution in [1.29, 1.82) is 0 Å². The average Bonchev–Trinajstić information content (AvgIpc) is 3.41. The van der Waals surface area contributed by atoms with E-state index in [1.165, 1.54) is 29.2 Å². The van der Waals surface area contributed by atoms with Crippen LogP contribution in [0.25, 0.3) is 17.0 Å². The molecule has 202 valence electrons. The fraction of sp³-hybridized carbons (Fsp3) is 0.333. The largest absolute Gasteiger partial charge is 0.348 e. The number of aromatic nitrogens is 1. The molecule has 2 saturated heterocycles. The van der Waals surface area contributed by atoms with Crippen LogP contribution in [0.1, 0.15) is 47.4 Å². The Morgan fingerprint density at radius 1 is 1.15 bits per heavy atom. The maximum absolute atomic E-state index is 13.4. The first-order valence-corrected chi connectivity index (χ1v) is 13.3. The van der Waals surface area contributed by atoms with Crippen LogP contribution in [-0.2, 0) is 9.59 Å². The van der Waals surface area contributed by atoms with Crippen molar-refractivity contribution in [3.05, 3.63) is 83.3 Å². The second-order valence-electron chi connectivity index (χ2n) is 10.1. The Labute approximate surface area is 226 Å². The Balaban J connectivity index is 1.18. The molecule has 0 aliphatic carbocycles. The van der Waals surface area contributed by atoms with Crippen LogP contribution in [0.3, 0.4) is 0 Å². The van der Waals surface area contributed by atoms with E-state index < -0.39 is 11.9 Å². The van der Waals surface area contributed by atoms with Gasteiger partial charge in [-0.3, -0.25) is 14.4 Å². The smallest absolute Gasteiger partial charge is 0.270 e. The Hall–Kier alpha value is -4.11. The molecule has 0 spiro atoms. The van der Waals surface area contributed by atoms with Crippen molar-refractivity contribution in [2.24, 2.45) is 5.92 Å². The summed E-state index contributed by atoms with van der Waals surface area (Å²) in [6, 6.07) is 14.4. The van der Waals surface area contributed by atoms with Crippen molar-refractivity contribution >= 4 is 34.7 Å². The summed E-state index contributed by atoms with van der Waals surface area (Å²) in [5.74, 6) is -0.888. The molecule has 8 nitrogen and oxygen atoms in total. The van der Waals surface area contributed by atoms with Gasteiger partial charge in [-0.25, -0.2) is 9.37 Å². The van der Waals surface area contributed by atoms with E-state index >= 15 is 0 Å². The number of pyridine rings is 1. The molecule has 0 saturated carbocycles. The maximum Gasteiger partial charge on any atom is 0.270 e. The predicted octanol–water partition coefficient (Wildman–Crippen LogP) is 3.20. The number of nitrogens with zero attached hydrogens (tertiary/aromatic N) is 2. The third kappa shape index (κ3) is 6.15. The highest BCUT2D eigenvalue weighted by Crippen LogP contribution is 2.23. The van der Waals surface area contributed by atoms with Crippen LogP contribution in [0.4, 0.5) is 4.39 Å². The van der Waals surface area contributed by atoms with Gasteiger partial charge >= 0.3 is 0 Å². The molecular weight excluding hydrogens is 497 g/mol. The Morgan fingerprint density at radius 3 is 2.77 bits per heavy atom. The topological polar surface area (TPSA) is 103 Å². The summed E-state index contributed by atoms with van der Waals surface area (Å²) in [5.41, 5.74) is 2.69. The summed E-state index contributed by atoms with van der Waals surface area (Å²) in [7, 11) is 0. The number of carbonyl (C=O) groups excluding carboxylic acids is 3. The molecule has 2 aliphatic heterocycles. The summed E-state index contributed by atoms with van der Waals surface area (Å²) in [6.07, 6.45) is 5.59. The number of likely N-dealkylation sites (tertiary alicyclic amines) is 1. The van der Waals surface area contributed by atoms with Gasteiger partial charge in [0, 0.05) is 30.9 Å². The molecule has 2 fully saturated rings. The van der Waals surface area contributed by atoms with Crippen molar-refractivity contribution < 1.29 is 18.8 Å².